The number of aromatic amines is 1. The van der Waals surface area contributed by atoms with Gasteiger partial charge in [0.1, 0.15) is 12.3 Å². The average Bonchev–Trinajstić information content (AvgIpc) is 2.52. The second kappa shape index (κ2) is 4.34. The highest BCUT2D eigenvalue weighted by Gasteiger charge is 2.50. The van der Waals surface area contributed by atoms with E-state index in [4.69, 9.17) is 9.84 Å². The molecule has 0 aliphatic carbocycles. The summed E-state index contributed by atoms with van der Waals surface area (Å²) in [4.78, 5) is 24.8. The maximum absolute atomic E-state index is 11.7. The zero-order valence-corrected chi connectivity index (χ0v) is 10.2. The van der Waals surface area contributed by atoms with Gasteiger partial charge in [-0.15, -0.1) is 0 Å². The van der Waals surface area contributed by atoms with Crippen molar-refractivity contribution in [1.29, 1.82) is 0 Å². The van der Waals surface area contributed by atoms with Gasteiger partial charge < -0.3 is 14.9 Å². The highest BCUT2D eigenvalue weighted by Crippen LogP contribution is 2.43. The van der Waals surface area contributed by atoms with Gasteiger partial charge in [-0.1, -0.05) is 13.8 Å². The maximum atomic E-state index is 11.7. The van der Waals surface area contributed by atoms with Gasteiger partial charge in [0.2, 0.25) is 0 Å². The van der Waals surface area contributed by atoms with Crippen LogP contribution in [0.3, 0.4) is 0 Å². The van der Waals surface area contributed by atoms with E-state index in [9.17, 15) is 14.7 Å². The lowest BCUT2D eigenvalue weighted by molar-refractivity contribution is -0.0530. The van der Waals surface area contributed by atoms with Gasteiger partial charge in [0.05, 0.1) is 12.7 Å². The molecule has 3 N–H and O–H groups in total. The molecular formula is C11H16N2O5. The van der Waals surface area contributed by atoms with Crippen molar-refractivity contribution < 1.29 is 14.9 Å². The molecular weight excluding hydrogens is 240 g/mol. The molecule has 7 nitrogen and oxygen atoms in total. The number of H-pyrrole nitrogens is 1. The predicted molar refractivity (Wildman–Crippen MR) is 62.1 cm³/mol. The summed E-state index contributed by atoms with van der Waals surface area (Å²) in [6, 6.07) is 1.21. The Balaban J connectivity index is 2.45. The Labute approximate surface area is 103 Å². The first-order chi connectivity index (χ1) is 8.37. The van der Waals surface area contributed by atoms with E-state index in [1.165, 1.54) is 16.8 Å². The third kappa shape index (κ3) is 1.90. The van der Waals surface area contributed by atoms with Crippen molar-refractivity contribution >= 4 is 0 Å². The summed E-state index contributed by atoms with van der Waals surface area (Å²) in [5.41, 5.74) is -1.85. The first kappa shape index (κ1) is 13.0. The number of hydrogen-bond acceptors (Lipinski definition) is 5. The Morgan fingerprint density at radius 1 is 1.50 bits per heavy atom. The van der Waals surface area contributed by atoms with Crippen LogP contribution in [0.4, 0.5) is 0 Å². The van der Waals surface area contributed by atoms with Gasteiger partial charge >= 0.3 is 5.69 Å². The van der Waals surface area contributed by atoms with E-state index in [0.29, 0.717) is 0 Å². The zero-order valence-electron chi connectivity index (χ0n) is 10.2. The molecule has 100 valence electrons. The Morgan fingerprint density at radius 3 is 2.67 bits per heavy atom. The number of nitrogens with zero attached hydrogens (tertiary/aromatic N) is 1. The van der Waals surface area contributed by atoms with Crippen LogP contribution in [0.5, 0.6) is 0 Å². The monoisotopic (exact) mass is 256 g/mol. The van der Waals surface area contributed by atoms with E-state index < -0.39 is 35.1 Å². The minimum Gasteiger partial charge on any atom is -0.394 e. The van der Waals surface area contributed by atoms with Crippen molar-refractivity contribution in [2.75, 3.05) is 6.61 Å². The van der Waals surface area contributed by atoms with Gasteiger partial charge in [-0.2, -0.15) is 0 Å². The Bertz CT molecular complexity index is 547. The Kier molecular flexibility index (Phi) is 3.14. The summed E-state index contributed by atoms with van der Waals surface area (Å²) in [6.07, 6.45) is -1.07. The highest BCUT2D eigenvalue weighted by molar-refractivity contribution is 4.97. The lowest BCUT2D eigenvalue weighted by Gasteiger charge is -2.28. The molecule has 18 heavy (non-hydrogen) atoms. The van der Waals surface area contributed by atoms with Gasteiger partial charge in [-0.05, 0) is 0 Å². The van der Waals surface area contributed by atoms with Gasteiger partial charge in [-0.25, -0.2) is 4.79 Å². The smallest absolute Gasteiger partial charge is 0.330 e. The van der Waals surface area contributed by atoms with E-state index in [-0.39, 0.29) is 6.61 Å². The van der Waals surface area contributed by atoms with Crippen LogP contribution in [-0.2, 0) is 4.74 Å². The lowest BCUT2D eigenvalue weighted by atomic mass is 9.84. The van der Waals surface area contributed by atoms with Crippen LogP contribution in [0, 0.1) is 5.41 Å². The lowest BCUT2D eigenvalue weighted by Crippen LogP contribution is -2.39. The Morgan fingerprint density at radius 2 is 2.17 bits per heavy atom. The van der Waals surface area contributed by atoms with Crippen molar-refractivity contribution in [2.24, 2.45) is 5.41 Å². The number of ether oxygens (including phenoxy) is 1. The topological polar surface area (TPSA) is 105 Å². The summed E-state index contributed by atoms with van der Waals surface area (Å²) >= 11 is 0. The van der Waals surface area contributed by atoms with Crippen LogP contribution < -0.4 is 11.2 Å². The minimum absolute atomic E-state index is 0.334. The number of hydrogen-bond donors (Lipinski definition) is 3. The molecule has 0 saturated carbocycles. The summed E-state index contributed by atoms with van der Waals surface area (Å²) < 4.78 is 6.69. The number of rotatable bonds is 2. The fourth-order valence-electron chi connectivity index (χ4n) is 2.22. The van der Waals surface area contributed by atoms with E-state index in [1.807, 2.05) is 0 Å². The molecule has 7 heteroatoms. The van der Waals surface area contributed by atoms with Crippen molar-refractivity contribution in [3.05, 3.63) is 33.1 Å². The third-order valence-corrected chi connectivity index (χ3v) is 3.34. The molecule has 1 aromatic heterocycles. The molecule has 0 radical (unpaired) electrons. The fraction of sp³-hybridized carbons (Fsp3) is 0.636. The first-order valence-electron chi connectivity index (χ1n) is 5.64. The van der Waals surface area contributed by atoms with E-state index in [2.05, 4.69) is 4.98 Å². The highest BCUT2D eigenvalue weighted by atomic mass is 16.5. The van der Waals surface area contributed by atoms with E-state index in [0.717, 1.165) is 0 Å². The maximum Gasteiger partial charge on any atom is 0.330 e. The summed E-state index contributed by atoms with van der Waals surface area (Å²) in [6.45, 7) is 3.13. The quantitative estimate of drug-likeness (QED) is 0.617. The van der Waals surface area contributed by atoms with Crippen LogP contribution in [0.15, 0.2) is 21.9 Å². The number of nitrogens with one attached hydrogen (secondary N) is 1. The molecule has 3 atom stereocenters. The van der Waals surface area contributed by atoms with Crippen LogP contribution >= 0.6 is 0 Å². The van der Waals surface area contributed by atoms with Crippen LogP contribution in [0.1, 0.15) is 20.1 Å². The van der Waals surface area contributed by atoms with Crippen LogP contribution in [-0.4, -0.2) is 38.6 Å². The summed E-state index contributed by atoms with van der Waals surface area (Å²) in [5, 5.41) is 19.1. The van der Waals surface area contributed by atoms with Crippen molar-refractivity contribution in [3.63, 3.8) is 0 Å². The Hall–Kier alpha value is -1.44. The zero-order chi connectivity index (χ0) is 13.5. The van der Waals surface area contributed by atoms with Gasteiger partial charge in [0.25, 0.3) is 5.56 Å². The molecule has 2 heterocycles. The molecule has 0 amide bonds. The van der Waals surface area contributed by atoms with Gasteiger partial charge in [0.15, 0.2) is 0 Å². The molecule has 0 spiro atoms. The van der Waals surface area contributed by atoms with Crippen LogP contribution in [0.25, 0.3) is 0 Å². The molecule has 1 aromatic rings. The average molecular weight is 256 g/mol. The fourth-order valence-corrected chi connectivity index (χ4v) is 2.22. The number of aliphatic hydroxyl groups is 2. The van der Waals surface area contributed by atoms with Crippen LogP contribution in [0.2, 0.25) is 0 Å². The normalized spacial score (nSPS) is 30.6. The van der Waals surface area contributed by atoms with E-state index >= 15 is 0 Å². The standard InChI is InChI=1S/C11H16N2O5/c1-11(2)8(16)6(5-14)18-9(11)13-4-3-7(15)12-10(13)17/h3-4,6,8-9,14,16H,5H2,1-2H3,(H,12,15,17)/t6-,8?,9-/m1/s1. The molecule has 1 unspecified atom stereocenters. The molecule has 0 aromatic carbocycles. The van der Waals surface area contributed by atoms with Gasteiger partial charge in [-0.3, -0.25) is 14.3 Å². The third-order valence-electron chi connectivity index (χ3n) is 3.34. The van der Waals surface area contributed by atoms with E-state index in [1.54, 1.807) is 13.8 Å². The summed E-state index contributed by atoms with van der Waals surface area (Å²) in [7, 11) is 0. The van der Waals surface area contributed by atoms with Crippen molar-refractivity contribution in [2.45, 2.75) is 32.3 Å². The molecule has 2 rings (SSSR count). The second-order valence-corrected chi connectivity index (χ2v) is 4.99. The largest absolute Gasteiger partial charge is 0.394 e. The minimum atomic E-state index is -0.897. The SMILES string of the molecule is CC1(C)C(O)[C@@H](CO)O[C@H]1n1ccc(=O)[nH]c1=O. The molecule has 1 saturated heterocycles. The molecule has 1 aliphatic rings. The molecule has 1 fully saturated rings. The van der Waals surface area contributed by atoms with Crippen molar-refractivity contribution in [3.8, 4) is 0 Å². The van der Waals surface area contributed by atoms with Crippen molar-refractivity contribution in [1.82, 2.24) is 9.55 Å². The first-order valence-corrected chi connectivity index (χ1v) is 5.64. The number of aliphatic hydroxyl groups excluding tert-OH is 2. The second-order valence-electron chi connectivity index (χ2n) is 4.99. The number of aromatic nitrogens is 2. The van der Waals surface area contributed by atoms with Gasteiger partial charge in [0, 0.05) is 17.7 Å². The predicted octanol–water partition coefficient (Wildman–Crippen LogP) is -1.19. The summed E-state index contributed by atoms with van der Waals surface area (Å²) in [5.74, 6) is 0. The molecule has 0 bridgehead atoms. The molecule has 1 aliphatic heterocycles.